The van der Waals surface area contributed by atoms with Crippen LogP contribution < -0.4 is 20.1 Å². The van der Waals surface area contributed by atoms with Crippen LogP contribution in [-0.2, 0) is 4.74 Å². The Morgan fingerprint density at radius 3 is 2.72 bits per heavy atom. The number of benzene rings is 1. The van der Waals surface area contributed by atoms with Crippen LogP contribution in [-0.4, -0.2) is 45.0 Å². The van der Waals surface area contributed by atoms with Crippen molar-refractivity contribution in [3.63, 3.8) is 0 Å². The van der Waals surface area contributed by atoms with E-state index in [-0.39, 0.29) is 24.0 Å². The Bertz CT molecular complexity index is 721. The fourth-order valence-corrected chi connectivity index (χ4v) is 5.49. The number of rotatable bonds is 6. The van der Waals surface area contributed by atoms with Crippen LogP contribution in [0.25, 0.3) is 0 Å². The Labute approximate surface area is 191 Å². The van der Waals surface area contributed by atoms with Crippen LogP contribution in [0.3, 0.4) is 0 Å². The average molecular weight is 515 g/mol. The Kier molecular flexibility index (Phi) is 7.53. The summed E-state index contributed by atoms with van der Waals surface area (Å²) in [7, 11) is 1.67. The van der Waals surface area contributed by atoms with Gasteiger partial charge in [0.25, 0.3) is 0 Å². The zero-order valence-corrected chi connectivity index (χ0v) is 20.0. The summed E-state index contributed by atoms with van der Waals surface area (Å²) < 4.78 is 17.2. The Morgan fingerprint density at radius 1 is 1.24 bits per heavy atom. The zero-order chi connectivity index (χ0) is 19.6. The zero-order valence-electron chi connectivity index (χ0n) is 17.7. The normalized spacial score (nSPS) is 27.0. The van der Waals surface area contributed by atoms with E-state index in [2.05, 4.69) is 17.6 Å². The molecule has 6 nitrogen and oxygen atoms in total. The fourth-order valence-electron chi connectivity index (χ4n) is 5.49. The molecule has 2 saturated carbocycles. The van der Waals surface area contributed by atoms with E-state index in [1.165, 1.54) is 25.7 Å². The average Bonchev–Trinajstić information content (AvgIpc) is 3.36. The number of methoxy groups -OCH3 is 1. The summed E-state index contributed by atoms with van der Waals surface area (Å²) in [4.78, 5) is 4.71. The number of halogens is 1. The minimum Gasteiger partial charge on any atom is -0.493 e. The SMILES string of the molecule is CCN=C(Nc1ccc(OCC)c(OC)c1)NC1C2CCOC2C12CCCC2.I. The molecule has 0 bridgehead atoms. The number of nitrogens with zero attached hydrogens (tertiary/aromatic N) is 1. The lowest BCUT2D eigenvalue weighted by Crippen LogP contribution is -2.68. The number of guanidine groups is 1. The molecule has 3 aliphatic rings. The largest absolute Gasteiger partial charge is 0.493 e. The molecule has 3 unspecified atom stereocenters. The number of ether oxygens (including phenoxy) is 3. The second-order valence-corrected chi connectivity index (χ2v) is 8.05. The minimum absolute atomic E-state index is 0. The molecule has 2 aliphatic carbocycles. The van der Waals surface area contributed by atoms with Crippen molar-refractivity contribution in [1.82, 2.24) is 5.32 Å². The van der Waals surface area contributed by atoms with Crippen LogP contribution in [0.2, 0.25) is 0 Å². The van der Waals surface area contributed by atoms with E-state index in [9.17, 15) is 0 Å². The Balaban J connectivity index is 0.00000240. The third-order valence-corrected chi connectivity index (χ3v) is 6.62. The Morgan fingerprint density at radius 2 is 2.03 bits per heavy atom. The van der Waals surface area contributed by atoms with E-state index in [0.29, 0.717) is 30.1 Å². The quantitative estimate of drug-likeness (QED) is 0.333. The first kappa shape index (κ1) is 22.5. The molecule has 2 N–H and O–H groups in total. The molecule has 3 fully saturated rings. The van der Waals surface area contributed by atoms with Crippen molar-refractivity contribution in [3.05, 3.63) is 18.2 Å². The van der Waals surface area contributed by atoms with Crippen molar-refractivity contribution in [2.24, 2.45) is 16.3 Å². The molecule has 0 amide bonds. The number of anilines is 1. The van der Waals surface area contributed by atoms with Crippen LogP contribution in [0, 0.1) is 11.3 Å². The standard InChI is InChI=1S/C22H33N3O3.HI/c1-4-23-21(24-15-8-9-17(27-5-2)18(14-15)26-3)25-19-16-10-13-28-20(16)22(19)11-6-7-12-22;/h8-9,14,16,19-20H,4-7,10-13H2,1-3H3,(H2,23,24,25);1H. The molecule has 3 atom stereocenters. The summed E-state index contributed by atoms with van der Waals surface area (Å²) in [5.41, 5.74) is 1.24. The van der Waals surface area contributed by atoms with Gasteiger partial charge >= 0.3 is 0 Å². The molecule has 1 aromatic rings. The second-order valence-electron chi connectivity index (χ2n) is 8.05. The van der Waals surface area contributed by atoms with E-state index >= 15 is 0 Å². The van der Waals surface area contributed by atoms with E-state index in [0.717, 1.165) is 42.7 Å². The summed E-state index contributed by atoms with van der Waals surface area (Å²) in [5.74, 6) is 2.93. The molecule has 1 saturated heterocycles. The highest BCUT2D eigenvalue weighted by Crippen LogP contribution is 2.60. The number of hydrogen-bond acceptors (Lipinski definition) is 4. The van der Waals surface area contributed by atoms with E-state index < -0.39 is 0 Å². The smallest absolute Gasteiger partial charge is 0.196 e. The van der Waals surface area contributed by atoms with Crippen molar-refractivity contribution in [3.8, 4) is 11.5 Å². The molecule has 1 aliphatic heterocycles. The number of aliphatic imine (C=N–C) groups is 1. The van der Waals surface area contributed by atoms with Gasteiger partial charge in [0.2, 0.25) is 0 Å². The fraction of sp³-hybridized carbons (Fsp3) is 0.682. The van der Waals surface area contributed by atoms with Gasteiger partial charge in [-0.05, 0) is 45.2 Å². The maximum absolute atomic E-state index is 6.12. The van der Waals surface area contributed by atoms with Crippen molar-refractivity contribution in [2.45, 2.75) is 58.1 Å². The van der Waals surface area contributed by atoms with Crippen molar-refractivity contribution < 1.29 is 14.2 Å². The minimum atomic E-state index is 0. The molecule has 4 rings (SSSR count). The second kappa shape index (κ2) is 9.73. The van der Waals surface area contributed by atoms with Crippen LogP contribution in [0.1, 0.15) is 46.0 Å². The summed E-state index contributed by atoms with van der Waals surface area (Å²) in [6, 6.07) is 6.36. The highest BCUT2D eigenvalue weighted by Gasteiger charge is 2.65. The van der Waals surface area contributed by atoms with Gasteiger partial charge in [-0.1, -0.05) is 12.8 Å². The molecular formula is C22H34IN3O3. The molecule has 7 heteroatoms. The molecule has 29 heavy (non-hydrogen) atoms. The molecule has 1 spiro atoms. The third-order valence-electron chi connectivity index (χ3n) is 6.62. The van der Waals surface area contributed by atoms with Crippen molar-refractivity contribution in [1.29, 1.82) is 0 Å². The number of nitrogens with one attached hydrogen (secondary N) is 2. The van der Waals surface area contributed by atoms with Gasteiger partial charge in [-0.2, -0.15) is 0 Å². The van der Waals surface area contributed by atoms with Gasteiger partial charge in [-0.15, -0.1) is 24.0 Å². The van der Waals surface area contributed by atoms with Gasteiger partial charge in [0.05, 0.1) is 19.8 Å². The molecule has 1 heterocycles. The van der Waals surface area contributed by atoms with Gasteiger partial charge < -0.3 is 24.8 Å². The predicted octanol–water partition coefficient (Wildman–Crippen LogP) is 4.44. The lowest BCUT2D eigenvalue weighted by molar-refractivity contribution is -0.124. The highest BCUT2D eigenvalue weighted by atomic mass is 127. The van der Waals surface area contributed by atoms with E-state index in [4.69, 9.17) is 19.2 Å². The van der Waals surface area contributed by atoms with Gasteiger partial charge in [-0.25, -0.2) is 0 Å². The first-order valence-electron chi connectivity index (χ1n) is 10.7. The van der Waals surface area contributed by atoms with E-state index in [1.54, 1.807) is 7.11 Å². The summed E-state index contributed by atoms with van der Waals surface area (Å²) in [5, 5.41) is 7.24. The number of fused-ring (bicyclic) bond motifs is 2. The predicted molar refractivity (Wildman–Crippen MR) is 127 cm³/mol. The molecule has 1 aromatic carbocycles. The van der Waals surface area contributed by atoms with Gasteiger partial charge in [-0.3, -0.25) is 4.99 Å². The van der Waals surface area contributed by atoms with Crippen LogP contribution in [0.5, 0.6) is 11.5 Å². The summed E-state index contributed by atoms with van der Waals surface area (Å²) >= 11 is 0. The van der Waals surface area contributed by atoms with Crippen molar-refractivity contribution >= 4 is 35.6 Å². The number of hydrogen-bond donors (Lipinski definition) is 2. The molecule has 0 radical (unpaired) electrons. The van der Waals surface area contributed by atoms with E-state index in [1.807, 2.05) is 25.1 Å². The Hall–Kier alpha value is -1.22. The van der Waals surface area contributed by atoms with Crippen LogP contribution in [0.15, 0.2) is 23.2 Å². The van der Waals surface area contributed by atoms with Crippen LogP contribution in [0.4, 0.5) is 5.69 Å². The monoisotopic (exact) mass is 515 g/mol. The van der Waals surface area contributed by atoms with Crippen LogP contribution >= 0.6 is 24.0 Å². The summed E-state index contributed by atoms with van der Waals surface area (Å²) in [6.45, 7) is 6.28. The maximum Gasteiger partial charge on any atom is 0.196 e. The lowest BCUT2D eigenvalue weighted by atomic mass is 9.54. The topological polar surface area (TPSA) is 64.1 Å². The third kappa shape index (κ3) is 4.17. The summed E-state index contributed by atoms with van der Waals surface area (Å²) in [6.07, 6.45) is 6.76. The van der Waals surface area contributed by atoms with Gasteiger partial charge in [0.15, 0.2) is 17.5 Å². The molecular weight excluding hydrogens is 481 g/mol. The first-order valence-corrected chi connectivity index (χ1v) is 10.7. The van der Waals surface area contributed by atoms with Gasteiger partial charge in [0, 0.05) is 42.3 Å². The maximum atomic E-state index is 6.12. The van der Waals surface area contributed by atoms with Gasteiger partial charge in [0.1, 0.15) is 0 Å². The molecule has 0 aromatic heterocycles. The molecule has 162 valence electrons. The first-order chi connectivity index (χ1) is 13.7. The highest BCUT2D eigenvalue weighted by molar-refractivity contribution is 14.0. The van der Waals surface area contributed by atoms with Crippen molar-refractivity contribution in [2.75, 3.05) is 32.2 Å². The lowest BCUT2D eigenvalue weighted by Gasteiger charge is -2.57.